The average molecular weight is 352 g/mol. The first-order valence-electron chi connectivity index (χ1n) is 7.82. The Balaban J connectivity index is 1.90. The maximum Gasteiger partial charge on any atom is 0.232 e. The van der Waals surface area contributed by atoms with Gasteiger partial charge in [-0.25, -0.2) is 0 Å². The van der Waals surface area contributed by atoms with Crippen molar-refractivity contribution in [2.45, 2.75) is 12.0 Å². The second-order valence-corrected chi connectivity index (χ2v) is 6.50. The maximum absolute atomic E-state index is 12.8. The highest BCUT2D eigenvalue weighted by molar-refractivity contribution is 6.30. The van der Waals surface area contributed by atoms with Crippen LogP contribution in [0, 0.1) is 17.2 Å². The van der Waals surface area contributed by atoms with E-state index in [2.05, 4.69) is 11.4 Å². The van der Waals surface area contributed by atoms with Gasteiger partial charge in [-0.05, 0) is 23.8 Å². The molecule has 3 N–H and O–H groups in total. The highest BCUT2D eigenvalue weighted by atomic mass is 35.5. The first-order valence-corrected chi connectivity index (χ1v) is 8.19. The number of nitrogens with two attached hydrogens (primary N) is 1. The highest BCUT2D eigenvalue weighted by Crippen LogP contribution is 2.50. The lowest BCUT2D eigenvalue weighted by Crippen LogP contribution is -2.42. The van der Waals surface area contributed by atoms with Crippen molar-refractivity contribution in [3.05, 3.63) is 76.1 Å². The molecule has 2 aliphatic heterocycles. The lowest BCUT2D eigenvalue weighted by atomic mass is 9.72. The van der Waals surface area contributed by atoms with Crippen molar-refractivity contribution in [1.29, 1.82) is 5.26 Å². The molecule has 0 saturated heterocycles. The van der Waals surface area contributed by atoms with E-state index in [1.54, 1.807) is 12.1 Å². The molecule has 0 bridgehead atoms. The van der Waals surface area contributed by atoms with E-state index in [1.165, 1.54) is 0 Å². The van der Waals surface area contributed by atoms with E-state index in [1.807, 2.05) is 36.4 Å². The van der Waals surface area contributed by atoms with E-state index < -0.39 is 17.9 Å². The van der Waals surface area contributed by atoms with Gasteiger partial charge in [-0.1, -0.05) is 41.9 Å². The summed E-state index contributed by atoms with van der Waals surface area (Å²) in [5.74, 6) is -1.20. The molecule has 4 rings (SSSR count). The maximum atomic E-state index is 12.8. The number of carbonyl (C=O) groups excluding carboxylic acids is 1. The van der Waals surface area contributed by atoms with Crippen molar-refractivity contribution in [1.82, 2.24) is 0 Å². The Morgan fingerprint density at radius 1 is 1.16 bits per heavy atom. The molecule has 3 unspecified atom stereocenters. The van der Waals surface area contributed by atoms with Crippen molar-refractivity contribution in [2.75, 3.05) is 5.32 Å². The number of nitriles is 1. The predicted octanol–water partition coefficient (Wildman–Crippen LogP) is 3.46. The molecule has 25 heavy (non-hydrogen) atoms. The van der Waals surface area contributed by atoms with Gasteiger partial charge in [0.05, 0.1) is 11.5 Å². The molecule has 2 heterocycles. The van der Waals surface area contributed by atoms with Crippen molar-refractivity contribution in [3.63, 3.8) is 0 Å². The molecule has 2 aromatic carbocycles. The third kappa shape index (κ3) is 2.43. The fraction of sp³-hybridized carbons (Fsp3) is 0.158. The van der Waals surface area contributed by atoms with Gasteiger partial charge >= 0.3 is 0 Å². The molecule has 2 aromatic rings. The molecule has 1 amide bonds. The number of hydrogen-bond donors (Lipinski definition) is 2. The summed E-state index contributed by atoms with van der Waals surface area (Å²) in [7, 11) is 0. The molecule has 0 aromatic heterocycles. The molecular weight excluding hydrogens is 338 g/mol. The van der Waals surface area contributed by atoms with Gasteiger partial charge in [0.25, 0.3) is 0 Å². The van der Waals surface area contributed by atoms with Gasteiger partial charge in [0.15, 0.2) is 5.88 Å². The fourth-order valence-corrected chi connectivity index (χ4v) is 3.70. The van der Waals surface area contributed by atoms with Gasteiger partial charge in [-0.15, -0.1) is 0 Å². The van der Waals surface area contributed by atoms with Gasteiger partial charge in [-0.3, -0.25) is 4.79 Å². The van der Waals surface area contributed by atoms with Crippen molar-refractivity contribution < 1.29 is 9.53 Å². The SMILES string of the molecule is N#CC1=C(N)OC2c3ccccc3NC(=O)C2C1c1ccc(Cl)cc1. The largest absolute Gasteiger partial charge is 0.469 e. The minimum absolute atomic E-state index is 0.0632. The van der Waals surface area contributed by atoms with Gasteiger partial charge in [-0.2, -0.15) is 5.26 Å². The average Bonchev–Trinajstić information content (AvgIpc) is 2.61. The van der Waals surface area contributed by atoms with Crippen LogP contribution in [0.4, 0.5) is 5.69 Å². The Morgan fingerprint density at radius 2 is 1.88 bits per heavy atom. The summed E-state index contributed by atoms with van der Waals surface area (Å²) in [5, 5.41) is 13.1. The van der Waals surface area contributed by atoms with Crippen LogP contribution in [0.1, 0.15) is 23.1 Å². The topological polar surface area (TPSA) is 88.1 Å². The van der Waals surface area contributed by atoms with Crippen LogP contribution in [0.15, 0.2) is 60.0 Å². The number of rotatable bonds is 1. The number of nitrogens with one attached hydrogen (secondary N) is 1. The molecule has 5 nitrogen and oxygen atoms in total. The number of benzene rings is 2. The number of para-hydroxylation sites is 1. The number of amides is 1. The van der Waals surface area contributed by atoms with Crippen LogP contribution in [-0.2, 0) is 9.53 Å². The fourth-order valence-electron chi connectivity index (χ4n) is 3.57. The molecule has 124 valence electrons. The van der Waals surface area contributed by atoms with Crippen LogP contribution in [0.25, 0.3) is 0 Å². The van der Waals surface area contributed by atoms with Gasteiger partial charge in [0, 0.05) is 22.2 Å². The van der Waals surface area contributed by atoms with E-state index in [4.69, 9.17) is 22.1 Å². The van der Waals surface area contributed by atoms with Gasteiger partial charge in [0.2, 0.25) is 5.91 Å². The Hall–Kier alpha value is -2.97. The summed E-state index contributed by atoms with van der Waals surface area (Å²) < 4.78 is 5.81. The molecule has 6 heteroatoms. The second-order valence-electron chi connectivity index (χ2n) is 6.06. The van der Waals surface area contributed by atoms with Gasteiger partial charge < -0.3 is 15.8 Å². The zero-order valence-corrected chi connectivity index (χ0v) is 13.8. The minimum atomic E-state index is -0.585. The molecular formula is C19H14ClN3O2. The lowest BCUT2D eigenvalue weighted by Gasteiger charge is -2.41. The first-order chi connectivity index (χ1) is 12.1. The number of hydrogen-bond acceptors (Lipinski definition) is 4. The minimum Gasteiger partial charge on any atom is -0.469 e. The number of ether oxygens (including phenoxy) is 1. The summed E-state index contributed by atoms with van der Waals surface area (Å²) >= 11 is 5.98. The molecule has 2 aliphatic rings. The third-order valence-corrected chi connectivity index (χ3v) is 4.95. The molecule has 0 aliphatic carbocycles. The number of anilines is 1. The van der Waals surface area contributed by atoms with E-state index >= 15 is 0 Å². The summed E-state index contributed by atoms with van der Waals surface area (Å²) in [6, 6.07) is 16.7. The van der Waals surface area contributed by atoms with Crippen molar-refractivity contribution in [2.24, 2.45) is 11.7 Å². The van der Waals surface area contributed by atoms with Crippen molar-refractivity contribution in [3.8, 4) is 6.07 Å². The van der Waals surface area contributed by atoms with Crippen LogP contribution in [0.5, 0.6) is 0 Å². The highest BCUT2D eigenvalue weighted by Gasteiger charge is 2.48. The standard InChI is InChI=1S/C19H14ClN3O2/c20-11-7-5-10(6-8-11)15-13(9-21)18(22)25-17-12-3-1-2-4-14(12)23-19(24)16(15)17/h1-8,15-17H,22H2,(H,23,24). The Morgan fingerprint density at radius 3 is 2.60 bits per heavy atom. The van der Waals surface area contributed by atoms with Crippen LogP contribution in [0.3, 0.4) is 0 Å². The van der Waals surface area contributed by atoms with Crippen LogP contribution in [0.2, 0.25) is 5.02 Å². The zero-order chi connectivity index (χ0) is 17.6. The van der Waals surface area contributed by atoms with Crippen LogP contribution in [-0.4, -0.2) is 5.91 Å². The number of halogens is 1. The normalized spacial score (nSPS) is 24.5. The molecule has 0 saturated carbocycles. The third-order valence-electron chi connectivity index (χ3n) is 4.69. The number of nitrogens with zero attached hydrogens (tertiary/aromatic N) is 1. The van der Waals surface area contributed by atoms with E-state index in [-0.39, 0.29) is 17.4 Å². The van der Waals surface area contributed by atoms with Crippen molar-refractivity contribution >= 4 is 23.2 Å². The Labute approximate surface area is 149 Å². The summed E-state index contributed by atoms with van der Waals surface area (Å²) in [5.41, 5.74) is 8.66. The van der Waals surface area contributed by atoms with Crippen LogP contribution >= 0.6 is 11.6 Å². The molecule has 0 spiro atoms. The van der Waals surface area contributed by atoms with Gasteiger partial charge in [0.1, 0.15) is 12.2 Å². The number of allylic oxidation sites excluding steroid dienone is 1. The Bertz CT molecular complexity index is 930. The molecule has 0 radical (unpaired) electrons. The lowest BCUT2D eigenvalue weighted by molar-refractivity contribution is -0.126. The molecule has 0 fully saturated rings. The summed E-state index contributed by atoms with van der Waals surface area (Å²) in [6.07, 6.45) is -0.539. The zero-order valence-electron chi connectivity index (χ0n) is 13.1. The second kappa shape index (κ2) is 5.83. The van der Waals surface area contributed by atoms with E-state index in [0.29, 0.717) is 10.7 Å². The number of carbonyl (C=O) groups is 1. The molecule has 3 atom stereocenters. The van der Waals surface area contributed by atoms with E-state index in [9.17, 15) is 10.1 Å². The predicted molar refractivity (Wildman–Crippen MR) is 93.4 cm³/mol. The number of fused-ring (bicyclic) bond motifs is 3. The smallest absolute Gasteiger partial charge is 0.232 e. The quantitative estimate of drug-likeness (QED) is 0.823. The summed E-state index contributed by atoms with van der Waals surface area (Å²) in [4.78, 5) is 12.8. The van der Waals surface area contributed by atoms with E-state index in [0.717, 1.165) is 11.1 Å². The first kappa shape index (κ1) is 15.6. The monoisotopic (exact) mass is 351 g/mol. The summed E-state index contributed by atoms with van der Waals surface area (Å²) in [6.45, 7) is 0. The van der Waals surface area contributed by atoms with Crippen LogP contribution < -0.4 is 11.1 Å². The Kier molecular flexibility index (Phi) is 3.63.